The van der Waals surface area contributed by atoms with Gasteiger partial charge in [-0.25, -0.2) is 13.1 Å². The van der Waals surface area contributed by atoms with Crippen molar-refractivity contribution >= 4 is 21.6 Å². The molecule has 0 fully saturated rings. The number of benzene rings is 2. The molecule has 0 bridgehead atoms. The molecule has 0 aliphatic rings. The van der Waals surface area contributed by atoms with Crippen molar-refractivity contribution in [2.24, 2.45) is 0 Å². The van der Waals surface area contributed by atoms with E-state index in [9.17, 15) is 13.2 Å². The van der Waals surface area contributed by atoms with Gasteiger partial charge in [0.15, 0.2) is 0 Å². The first kappa shape index (κ1) is 20.9. The maximum atomic E-state index is 12.5. The number of hydrogen-bond acceptors (Lipinski definition) is 4. The standard InChI is InChI=1S/C20H26N2O4S/c1-14-6-8-19(15(2)12-14)22(17(4)23)11-10-21-27(24,25)18-7-9-20(26-5)16(3)13-18/h6-9,12-13,21H,10-11H2,1-5H3. The summed E-state index contributed by atoms with van der Waals surface area (Å²) in [6, 6.07) is 10.5. The van der Waals surface area contributed by atoms with Gasteiger partial charge in [-0.15, -0.1) is 0 Å². The molecule has 2 rings (SSSR count). The van der Waals surface area contributed by atoms with Crippen LogP contribution in [0.25, 0.3) is 0 Å². The smallest absolute Gasteiger partial charge is 0.240 e. The minimum Gasteiger partial charge on any atom is -0.496 e. The summed E-state index contributed by atoms with van der Waals surface area (Å²) in [5, 5.41) is 0. The minimum atomic E-state index is -3.67. The summed E-state index contributed by atoms with van der Waals surface area (Å²) < 4.78 is 32.8. The summed E-state index contributed by atoms with van der Waals surface area (Å²) in [6.07, 6.45) is 0. The van der Waals surface area contributed by atoms with Crippen LogP contribution in [0.3, 0.4) is 0 Å². The molecule has 0 radical (unpaired) electrons. The Morgan fingerprint density at radius 3 is 2.33 bits per heavy atom. The first-order valence-electron chi connectivity index (χ1n) is 8.65. The van der Waals surface area contributed by atoms with Gasteiger partial charge in [0, 0.05) is 25.7 Å². The molecule has 1 amide bonds. The van der Waals surface area contributed by atoms with E-state index in [0.717, 1.165) is 22.4 Å². The number of nitrogens with zero attached hydrogens (tertiary/aromatic N) is 1. The minimum absolute atomic E-state index is 0.111. The van der Waals surface area contributed by atoms with Crippen LogP contribution in [0.5, 0.6) is 5.75 Å². The van der Waals surface area contributed by atoms with E-state index in [2.05, 4.69) is 4.72 Å². The SMILES string of the molecule is COc1ccc(S(=O)(=O)NCCN(C(C)=O)c2ccc(C)cc2C)cc1C. The van der Waals surface area contributed by atoms with Gasteiger partial charge in [-0.3, -0.25) is 4.79 Å². The summed E-state index contributed by atoms with van der Waals surface area (Å²) in [4.78, 5) is 13.8. The van der Waals surface area contributed by atoms with E-state index in [1.165, 1.54) is 20.1 Å². The third-order valence-corrected chi connectivity index (χ3v) is 5.79. The van der Waals surface area contributed by atoms with Crippen molar-refractivity contribution in [2.75, 3.05) is 25.1 Å². The van der Waals surface area contributed by atoms with Crippen molar-refractivity contribution in [3.8, 4) is 5.75 Å². The van der Waals surface area contributed by atoms with E-state index in [0.29, 0.717) is 5.75 Å². The second-order valence-corrected chi connectivity index (χ2v) is 8.26. The van der Waals surface area contributed by atoms with Gasteiger partial charge in [-0.1, -0.05) is 17.7 Å². The van der Waals surface area contributed by atoms with Gasteiger partial charge in [-0.2, -0.15) is 0 Å². The zero-order valence-electron chi connectivity index (χ0n) is 16.4. The normalized spacial score (nSPS) is 11.3. The van der Waals surface area contributed by atoms with E-state index < -0.39 is 10.0 Å². The van der Waals surface area contributed by atoms with E-state index in [4.69, 9.17) is 4.74 Å². The zero-order chi connectivity index (χ0) is 20.2. The Kier molecular flexibility index (Phi) is 6.62. The third-order valence-electron chi connectivity index (χ3n) is 4.33. The average Bonchev–Trinajstić information content (AvgIpc) is 2.59. The molecule has 0 aliphatic heterocycles. The highest BCUT2D eigenvalue weighted by molar-refractivity contribution is 7.89. The van der Waals surface area contributed by atoms with Crippen molar-refractivity contribution in [1.82, 2.24) is 4.72 Å². The number of aryl methyl sites for hydroxylation is 3. The lowest BCUT2D eigenvalue weighted by Crippen LogP contribution is -2.38. The summed E-state index contributed by atoms with van der Waals surface area (Å²) in [6.45, 7) is 7.53. The Bertz CT molecular complexity index is 939. The molecule has 6 nitrogen and oxygen atoms in total. The Balaban J connectivity index is 2.12. The van der Waals surface area contributed by atoms with E-state index >= 15 is 0 Å². The number of nitrogens with one attached hydrogen (secondary N) is 1. The Morgan fingerprint density at radius 2 is 1.78 bits per heavy atom. The molecule has 0 aromatic heterocycles. The lowest BCUT2D eigenvalue weighted by molar-refractivity contribution is -0.116. The number of anilines is 1. The quantitative estimate of drug-likeness (QED) is 0.789. The van der Waals surface area contributed by atoms with Crippen LogP contribution < -0.4 is 14.4 Å². The van der Waals surface area contributed by atoms with Gasteiger partial charge in [0.1, 0.15) is 5.75 Å². The number of sulfonamides is 1. The molecule has 1 N–H and O–H groups in total. The first-order valence-corrected chi connectivity index (χ1v) is 10.1. The van der Waals surface area contributed by atoms with E-state index in [1.54, 1.807) is 24.0 Å². The van der Waals surface area contributed by atoms with Crippen molar-refractivity contribution in [2.45, 2.75) is 32.6 Å². The highest BCUT2D eigenvalue weighted by Crippen LogP contribution is 2.22. The Labute approximate surface area is 161 Å². The van der Waals surface area contributed by atoms with E-state index in [1.807, 2.05) is 32.0 Å². The molecule has 2 aromatic carbocycles. The molecule has 2 aromatic rings. The third kappa shape index (κ3) is 5.08. The molecule has 0 spiro atoms. The summed E-state index contributed by atoms with van der Waals surface area (Å²) >= 11 is 0. The predicted molar refractivity (Wildman–Crippen MR) is 107 cm³/mol. The molecule has 0 atom stereocenters. The topological polar surface area (TPSA) is 75.7 Å². The maximum Gasteiger partial charge on any atom is 0.240 e. The Hall–Kier alpha value is -2.38. The molecule has 27 heavy (non-hydrogen) atoms. The fraction of sp³-hybridized carbons (Fsp3) is 0.350. The number of amides is 1. The van der Waals surface area contributed by atoms with Crippen LogP contribution in [-0.4, -0.2) is 34.5 Å². The molecule has 0 heterocycles. The van der Waals surface area contributed by atoms with Gasteiger partial charge in [0.25, 0.3) is 0 Å². The van der Waals surface area contributed by atoms with Gasteiger partial charge < -0.3 is 9.64 Å². The van der Waals surface area contributed by atoms with Gasteiger partial charge in [0.05, 0.1) is 12.0 Å². The molecule has 7 heteroatoms. The molecule has 0 saturated heterocycles. The van der Waals surface area contributed by atoms with Gasteiger partial charge in [0.2, 0.25) is 15.9 Å². The number of hydrogen-bond donors (Lipinski definition) is 1. The largest absolute Gasteiger partial charge is 0.496 e. The predicted octanol–water partition coefficient (Wildman–Crippen LogP) is 2.95. The number of ether oxygens (including phenoxy) is 1. The summed E-state index contributed by atoms with van der Waals surface area (Å²) in [5.74, 6) is 0.494. The van der Waals surface area contributed by atoms with Crippen molar-refractivity contribution in [3.63, 3.8) is 0 Å². The lowest BCUT2D eigenvalue weighted by Gasteiger charge is -2.23. The van der Waals surface area contributed by atoms with Crippen LogP contribution in [-0.2, 0) is 14.8 Å². The molecule has 0 unspecified atom stereocenters. The fourth-order valence-electron chi connectivity index (χ4n) is 2.95. The molecular formula is C20H26N2O4S. The first-order chi connectivity index (χ1) is 12.7. The summed E-state index contributed by atoms with van der Waals surface area (Å²) in [7, 11) is -2.13. The van der Waals surface area contributed by atoms with Crippen molar-refractivity contribution in [1.29, 1.82) is 0 Å². The maximum absolute atomic E-state index is 12.5. The van der Waals surface area contributed by atoms with Gasteiger partial charge in [-0.05, 0) is 56.2 Å². The van der Waals surface area contributed by atoms with Crippen LogP contribution in [0, 0.1) is 20.8 Å². The van der Waals surface area contributed by atoms with Crippen LogP contribution in [0.1, 0.15) is 23.6 Å². The zero-order valence-corrected chi connectivity index (χ0v) is 17.2. The van der Waals surface area contributed by atoms with E-state index in [-0.39, 0.29) is 23.9 Å². The molecule has 0 saturated carbocycles. The van der Waals surface area contributed by atoms with Crippen molar-refractivity contribution < 1.29 is 17.9 Å². The van der Waals surface area contributed by atoms with Gasteiger partial charge >= 0.3 is 0 Å². The highest BCUT2D eigenvalue weighted by atomic mass is 32.2. The fourth-order valence-corrected chi connectivity index (χ4v) is 4.05. The number of rotatable bonds is 7. The number of carbonyl (C=O) groups excluding carboxylic acids is 1. The molecule has 0 aliphatic carbocycles. The lowest BCUT2D eigenvalue weighted by atomic mass is 10.1. The van der Waals surface area contributed by atoms with Crippen LogP contribution in [0.4, 0.5) is 5.69 Å². The average molecular weight is 391 g/mol. The second kappa shape index (κ2) is 8.54. The molecule has 146 valence electrons. The van der Waals surface area contributed by atoms with Crippen LogP contribution in [0.15, 0.2) is 41.3 Å². The number of methoxy groups -OCH3 is 1. The monoisotopic (exact) mass is 390 g/mol. The number of carbonyl (C=O) groups is 1. The van der Waals surface area contributed by atoms with Crippen molar-refractivity contribution in [3.05, 3.63) is 53.1 Å². The molecular weight excluding hydrogens is 364 g/mol. The van der Waals surface area contributed by atoms with Crippen LogP contribution >= 0.6 is 0 Å². The second-order valence-electron chi connectivity index (χ2n) is 6.49. The highest BCUT2D eigenvalue weighted by Gasteiger charge is 2.18. The Morgan fingerprint density at radius 1 is 1.07 bits per heavy atom. The van der Waals surface area contributed by atoms with Crippen LogP contribution in [0.2, 0.25) is 0 Å². The summed E-state index contributed by atoms with van der Waals surface area (Å²) in [5.41, 5.74) is 3.60.